The van der Waals surface area contributed by atoms with Gasteiger partial charge in [0.2, 0.25) is 5.91 Å². The first kappa shape index (κ1) is 19.0. The maximum Gasteiger partial charge on any atom is 0.224 e. The topological polar surface area (TPSA) is 35.6 Å². The number of rotatable bonds is 4. The van der Waals surface area contributed by atoms with Crippen LogP contribution in [0.3, 0.4) is 0 Å². The van der Waals surface area contributed by atoms with Crippen LogP contribution >= 0.6 is 11.6 Å². The summed E-state index contributed by atoms with van der Waals surface area (Å²) in [5.41, 5.74) is 1.40. The van der Waals surface area contributed by atoms with Crippen LogP contribution in [-0.4, -0.2) is 61.0 Å². The lowest BCUT2D eigenvalue weighted by Gasteiger charge is -2.55. The molecule has 4 aliphatic heterocycles. The fourth-order valence-corrected chi connectivity index (χ4v) is 5.88. The van der Waals surface area contributed by atoms with Gasteiger partial charge in [-0.15, -0.1) is 0 Å². The number of hydrogen-bond acceptors (Lipinski definition) is 3. The Labute approximate surface area is 175 Å². The fourth-order valence-electron chi connectivity index (χ4n) is 5.65. The maximum atomic E-state index is 14.2. The summed E-state index contributed by atoms with van der Waals surface area (Å²) < 4.78 is 14.2. The number of carbonyl (C=O) groups is 1. The van der Waals surface area contributed by atoms with Crippen LogP contribution in [0.15, 0.2) is 48.5 Å². The first-order chi connectivity index (χ1) is 14.0. The van der Waals surface area contributed by atoms with E-state index in [9.17, 15) is 9.18 Å². The average Bonchev–Trinajstić information content (AvgIpc) is 2.96. The van der Waals surface area contributed by atoms with Crippen molar-refractivity contribution in [3.8, 4) is 0 Å². The minimum atomic E-state index is -0.426. The van der Waals surface area contributed by atoms with E-state index in [4.69, 9.17) is 11.6 Å². The molecule has 2 unspecified atom stereocenters. The van der Waals surface area contributed by atoms with Crippen LogP contribution in [0.1, 0.15) is 11.1 Å². The summed E-state index contributed by atoms with van der Waals surface area (Å²) in [5.74, 6) is -0.224. The predicted octanol–water partition coefficient (Wildman–Crippen LogP) is 2.71. The molecular weight excluding hydrogens is 389 g/mol. The highest BCUT2D eigenvalue weighted by atomic mass is 35.5. The standard InChI is InChI=1S/C23H25ClFN3O/c24-19-7-4-8-20(25)18(19)11-21(29)26-22-16-12-27-9-10-28(13-16)15-23(22,14-27)17-5-2-1-3-6-17/h1-8,16,22H,9-15H2,(H,26,29)/t16?,22-,23?/m0/s1. The van der Waals surface area contributed by atoms with Crippen molar-refractivity contribution in [1.82, 2.24) is 15.1 Å². The van der Waals surface area contributed by atoms with Crippen LogP contribution in [0.25, 0.3) is 0 Å². The van der Waals surface area contributed by atoms with Gasteiger partial charge < -0.3 is 15.1 Å². The molecule has 6 rings (SSSR count). The van der Waals surface area contributed by atoms with E-state index in [1.54, 1.807) is 12.1 Å². The second-order valence-corrected chi connectivity index (χ2v) is 9.08. The van der Waals surface area contributed by atoms with Gasteiger partial charge in [0.05, 0.1) is 6.42 Å². The highest BCUT2D eigenvalue weighted by molar-refractivity contribution is 6.31. The Morgan fingerprint density at radius 1 is 1.07 bits per heavy atom. The molecule has 1 N–H and O–H groups in total. The van der Waals surface area contributed by atoms with Gasteiger partial charge in [0.1, 0.15) is 5.82 Å². The van der Waals surface area contributed by atoms with Gasteiger partial charge in [0, 0.05) is 67.2 Å². The van der Waals surface area contributed by atoms with Crippen LogP contribution in [0.4, 0.5) is 4.39 Å². The molecule has 6 heteroatoms. The zero-order chi connectivity index (χ0) is 20.0. The third kappa shape index (κ3) is 3.35. The molecule has 0 saturated carbocycles. The molecule has 0 radical (unpaired) electrons. The van der Waals surface area contributed by atoms with Crippen LogP contribution in [0.5, 0.6) is 0 Å². The summed E-state index contributed by atoms with van der Waals surface area (Å²) >= 11 is 6.15. The monoisotopic (exact) mass is 413 g/mol. The van der Waals surface area contributed by atoms with Crippen molar-refractivity contribution in [2.75, 3.05) is 39.3 Å². The van der Waals surface area contributed by atoms with Gasteiger partial charge in [-0.25, -0.2) is 4.39 Å². The number of hydrogen-bond donors (Lipinski definition) is 1. The fraction of sp³-hybridized carbons (Fsp3) is 0.435. The Morgan fingerprint density at radius 3 is 2.41 bits per heavy atom. The lowest BCUT2D eigenvalue weighted by Crippen LogP contribution is -2.70. The minimum absolute atomic E-state index is 0.0347. The van der Waals surface area contributed by atoms with Crippen molar-refractivity contribution in [2.45, 2.75) is 17.9 Å². The number of fused-ring (bicyclic) bond motifs is 1. The predicted molar refractivity (Wildman–Crippen MR) is 112 cm³/mol. The van der Waals surface area contributed by atoms with Gasteiger partial charge in [-0.3, -0.25) is 4.79 Å². The lowest BCUT2D eigenvalue weighted by molar-refractivity contribution is -0.123. The Balaban J connectivity index is 1.46. The third-order valence-corrected chi connectivity index (χ3v) is 7.21. The van der Waals surface area contributed by atoms with Gasteiger partial charge in [0.25, 0.3) is 0 Å². The molecule has 4 fully saturated rings. The second kappa shape index (κ2) is 7.38. The van der Waals surface area contributed by atoms with Gasteiger partial charge in [-0.05, 0) is 17.7 Å². The summed E-state index contributed by atoms with van der Waals surface area (Å²) in [4.78, 5) is 18.1. The Hall–Kier alpha value is -1.95. The molecule has 0 aromatic heterocycles. The molecule has 4 nitrogen and oxygen atoms in total. The molecule has 4 aliphatic rings. The lowest BCUT2D eigenvalue weighted by atomic mass is 9.64. The SMILES string of the molecule is O=C(Cc1c(F)cccc1Cl)N[C@H]1C2CN3CCN(C2)CC1(c1ccccc1)C3. The molecule has 2 aromatic rings. The zero-order valence-corrected chi connectivity index (χ0v) is 17.0. The minimum Gasteiger partial charge on any atom is -0.352 e. The summed E-state index contributed by atoms with van der Waals surface area (Å²) in [5, 5.41) is 3.62. The maximum absolute atomic E-state index is 14.2. The third-order valence-electron chi connectivity index (χ3n) is 6.86. The van der Waals surface area contributed by atoms with Crippen LogP contribution in [0, 0.1) is 11.7 Å². The number of halogens is 2. The quantitative estimate of drug-likeness (QED) is 0.837. The van der Waals surface area contributed by atoms with Crippen molar-refractivity contribution >= 4 is 17.5 Å². The summed E-state index contributed by atoms with van der Waals surface area (Å²) in [6.07, 6.45) is -0.0347. The van der Waals surface area contributed by atoms with Crippen molar-refractivity contribution in [2.24, 2.45) is 5.92 Å². The number of carbonyl (C=O) groups excluding carboxylic acids is 1. The number of piperidine rings is 2. The smallest absolute Gasteiger partial charge is 0.224 e. The first-order valence-electron chi connectivity index (χ1n) is 10.3. The van der Waals surface area contributed by atoms with Crippen LogP contribution in [-0.2, 0) is 16.6 Å². The van der Waals surface area contributed by atoms with Crippen molar-refractivity contribution in [1.29, 1.82) is 0 Å². The average molecular weight is 414 g/mol. The van der Waals surface area contributed by atoms with E-state index in [1.807, 2.05) is 6.07 Å². The highest BCUT2D eigenvalue weighted by Crippen LogP contribution is 2.43. The molecule has 0 aliphatic carbocycles. The molecule has 4 saturated heterocycles. The van der Waals surface area contributed by atoms with E-state index >= 15 is 0 Å². The summed E-state index contributed by atoms with van der Waals surface area (Å²) in [6, 6.07) is 15.1. The van der Waals surface area contributed by atoms with E-state index in [-0.39, 0.29) is 29.3 Å². The molecule has 29 heavy (non-hydrogen) atoms. The molecule has 3 atom stereocenters. The van der Waals surface area contributed by atoms with Gasteiger partial charge in [-0.2, -0.15) is 0 Å². The Kier molecular flexibility index (Phi) is 4.85. The first-order valence-corrected chi connectivity index (χ1v) is 10.7. The van der Waals surface area contributed by atoms with E-state index in [2.05, 4.69) is 39.4 Å². The van der Waals surface area contributed by atoms with Crippen LogP contribution < -0.4 is 5.32 Å². The van der Waals surface area contributed by atoms with Crippen LogP contribution in [0.2, 0.25) is 5.02 Å². The van der Waals surface area contributed by atoms with Crippen molar-refractivity contribution in [3.05, 3.63) is 70.5 Å². The summed E-state index contributed by atoms with van der Waals surface area (Å²) in [6.45, 7) is 6.03. The number of amides is 1. The Morgan fingerprint density at radius 2 is 1.76 bits per heavy atom. The van der Waals surface area contributed by atoms with E-state index in [1.165, 1.54) is 11.6 Å². The molecule has 4 bridgehead atoms. The second-order valence-electron chi connectivity index (χ2n) is 8.67. The van der Waals surface area contributed by atoms with Crippen molar-refractivity contribution < 1.29 is 9.18 Å². The van der Waals surface area contributed by atoms with Crippen molar-refractivity contribution in [3.63, 3.8) is 0 Å². The molecule has 4 heterocycles. The molecule has 0 spiro atoms. The Bertz CT molecular complexity index is 885. The normalized spacial score (nSPS) is 32.8. The molecule has 2 aromatic carbocycles. The zero-order valence-electron chi connectivity index (χ0n) is 16.3. The highest BCUT2D eigenvalue weighted by Gasteiger charge is 2.55. The number of benzene rings is 2. The molecule has 1 amide bonds. The molecular formula is C23H25ClFN3O. The molecule has 152 valence electrons. The van der Waals surface area contributed by atoms with E-state index in [0.717, 1.165) is 39.3 Å². The van der Waals surface area contributed by atoms with Gasteiger partial charge in [0.15, 0.2) is 0 Å². The number of nitrogens with zero attached hydrogens (tertiary/aromatic N) is 2. The number of nitrogens with one attached hydrogen (secondary N) is 1. The summed E-state index contributed by atoms with van der Waals surface area (Å²) in [7, 11) is 0. The van der Waals surface area contributed by atoms with E-state index in [0.29, 0.717) is 10.9 Å². The van der Waals surface area contributed by atoms with Gasteiger partial charge >= 0.3 is 0 Å². The van der Waals surface area contributed by atoms with E-state index < -0.39 is 5.82 Å². The largest absolute Gasteiger partial charge is 0.352 e. The van der Waals surface area contributed by atoms with Gasteiger partial charge in [-0.1, -0.05) is 48.0 Å².